The normalized spacial score (nSPS) is 23.0. The van der Waals surface area contributed by atoms with E-state index in [1.165, 1.54) is 13.3 Å². The van der Waals surface area contributed by atoms with Gasteiger partial charge in [0.2, 0.25) is 0 Å². The molecule has 14 heavy (non-hydrogen) atoms. The largest absolute Gasteiger partial charge is 0.479 e. The Bertz CT molecular complexity index is 200. The Kier molecular flexibility index (Phi) is 3.86. The number of carbonyl (C=O) groups is 1. The molecule has 1 fully saturated rings. The van der Waals surface area contributed by atoms with E-state index in [-0.39, 0.29) is 6.54 Å². The quantitative estimate of drug-likeness (QED) is 0.589. The molecule has 1 heterocycles. The summed E-state index contributed by atoms with van der Waals surface area (Å²) in [6.45, 7) is 3.21. The minimum atomic E-state index is -1.68. The van der Waals surface area contributed by atoms with E-state index in [0.717, 1.165) is 25.9 Å². The summed E-state index contributed by atoms with van der Waals surface area (Å²) in [4.78, 5) is 10.6. The van der Waals surface area contributed by atoms with Gasteiger partial charge in [0.25, 0.3) is 0 Å². The van der Waals surface area contributed by atoms with Crippen LogP contribution in [0.1, 0.15) is 26.2 Å². The summed E-state index contributed by atoms with van der Waals surface area (Å²) < 4.78 is 0. The number of nitrogens with one attached hydrogen (secondary N) is 1. The summed E-state index contributed by atoms with van der Waals surface area (Å²) in [5.74, 6) is -1.19. The van der Waals surface area contributed by atoms with E-state index in [4.69, 9.17) is 5.11 Å². The third-order valence-corrected chi connectivity index (χ3v) is 2.46. The fraction of sp³-hybridized carbons (Fsp3) is 0.889. The summed E-state index contributed by atoms with van der Waals surface area (Å²) >= 11 is 0. The molecule has 5 heteroatoms. The maximum absolute atomic E-state index is 10.6. The summed E-state index contributed by atoms with van der Waals surface area (Å²) in [5.41, 5.74) is 1.26. The van der Waals surface area contributed by atoms with Gasteiger partial charge in [-0.2, -0.15) is 0 Å². The van der Waals surface area contributed by atoms with E-state index in [9.17, 15) is 9.90 Å². The highest BCUT2D eigenvalue weighted by atomic mass is 16.4. The van der Waals surface area contributed by atoms with E-state index >= 15 is 0 Å². The second-order valence-electron chi connectivity index (χ2n) is 3.96. The van der Waals surface area contributed by atoms with Crippen molar-refractivity contribution in [1.29, 1.82) is 0 Å². The Balaban J connectivity index is 2.28. The van der Waals surface area contributed by atoms with Gasteiger partial charge in [-0.05, 0) is 19.8 Å². The number of aliphatic hydroxyl groups is 1. The molecule has 1 aliphatic heterocycles. The first kappa shape index (κ1) is 11.4. The summed E-state index contributed by atoms with van der Waals surface area (Å²) in [7, 11) is 0. The molecule has 1 atom stereocenters. The number of rotatable bonds is 4. The molecule has 0 aromatic rings. The lowest BCUT2D eigenvalue weighted by Gasteiger charge is -2.29. The van der Waals surface area contributed by atoms with Gasteiger partial charge in [0.15, 0.2) is 5.60 Å². The van der Waals surface area contributed by atoms with Crippen molar-refractivity contribution in [2.75, 3.05) is 19.6 Å². The first-order chi connectivity index (χ1) is 6.52. The lowest BCUT2D eigenvalue weighted by Crippen LogP contribution is -2.51. The minimum absolute atomic E-state index is 0.0579. The molecule has 0 bridgehead atoms. The molecule has 1 aliphatic rings. The van der Waals surface area contributed by atoms with E-state index in [1.54, 1.807) is 0 Å². The number of hydrogen-bond donors (Lipinski definition) is 3. The predicted octanol–water partition coefficient (Wildman–Crippen LogP) is -0.187. The number of hydrazine groups is 1. The lowest BCUT2D eigenvalue weighted by molar-refractivity contribution is -0.157. The van der Waals surface area contributed by atoms with Crippen molar-refractivity contribution in [3.8, 4) is 0 Å². The van der Waals surface area contributed by atoms with Crippen molar-refractivity contribution in [3.63, 3.8) is 0 Å². The zero-order valence-electron chi connectivity index (χ0n) is 8.49. The highest BCUT2D eigenvalue weighted by Crippen LogP contribution is 2.07. The zero-order chi connectivity index (χ0) is 10.6. The summed E-state index contributed by atoms with van der Waals surface area (Å²) in [6, 6.07) is 0. The van der Waals surface area contributed by atoms with Crippen LogP contribution in [0, 0.1) is 0 Å². The van der Waals surface area contributed by atoms with E-state index in [2.05, 4.69) is 5.43 Å². The molecular formula is C9H18N2O3. The predicted molar refractivity (Wildman–Crippen MR) is 51.7 cm³/mol. The molecule has 5 nitrogen and oxygen atoms in total. The number of piperidine rings is 1. The highest BCUT2D eigenvalue weighted by molar-refractivity contribution is 5.76. The van der Waals surface area contributed by atoms with E-state index in [0.29, 0.717) is 0 Å². The average molecular weight is 202 g/mol. The second-order valence-corrected chi connectivity index (χ2v) is 3.96. The molecule has 0 spiro atoms. The Hall–Kier alpha value is -0.650. The molecule has 1 saturated heterocycles. The van der Waals surface area contributed by atoms with Crippen LogP contribution in [0.25, 0.3) is 0 Å². The van der Waals surface area contributed by atoms with Crippen LogP contribution in [0.5, 0.6) is 0 Å². The van der Waals surface area contributed by atoms with Gasteiger partial charge in [0.1, 0.15) is 0 Å². The van der Waals surface area contributed by atoms with Gasteiger partial charge >= 0.3 is 5.97 Å². The fourth-order valence-corrected chi connectivity index (χ4v) is 1.39. The Morgan fingerprint density at radius 2 is 2.00 bits per heavy atom. The first-order valence-electron chi connectivity index (χ1n) is 4.96. The maximum atomic E-state index is 10.6. The molecule has 1 rings (SSSR count). The standard InChI is InChI=1S/C9H18N2O3/c1-9(14,8(12)13)7-10-11-5-3-2-4-6-11/h10,14H,2-7H2,1H3,(H,12,13). The van der Waals surface area contributed by atoms with Crippen LogP contribution in [-0.2, 0) is 4.79 Å². The van der Waals surface area contributed by atoms with E-state index < -0.39 is 11.6 Å². The molecule has 0 radical (unpaired) electrons. The van der Waals surface area contributed by atoms with Gasteiger partial charge < -0.3 is 10.2 Å². The molecule has 82 valence electrons. The van der Waals surface area contributed by atoms with Crippen molar-refractivity contribution in [3.05, 3.63) is 0 Å². The molecule has 3 N–H and O–H groups in total. The van der Waals surface area contributed by atoms with E-state index in [1.807, 2.05) is 5.01 Å². The van der Waals surface area contributed by atoms with Crippen molar-refractivity contribution in [1.82, 2.24) is 10.4 Å². The SMILES string of the molecule is CC(O)(CNN1CCCCC1)C(=O)O. The number of nitrogens with zero attached hydrogens (tertiary/aromatic N) is 1. The van der Waals surface area contributed by atoms with Crippen LogP contribution in [-0.4, -0.2) is 46.4 Å². The number of carboxylic acid groups (broad SMARTS) is 1. The third-order valence-electron chi connectivity index (χ3n) is 2.46. The fourth-order valence-electron chi connectivity index (χ4n) is 1.39. The summed E-state index contributed by atoms with van der Waals surface area (Å²) in [5, 5.41) is 20.1. The Morgan fingerprint density at radius 3 is 2.50 bits per heavy atom. The molecule has 0 aromatic carbocycles. The van der Waals surface area contributed by atoms with Crippen molar-refractivity contribution in [2.24, 2.45) is 0 Å². The molecule has 1 unspecified atom stereocenters. The molecule has 0 saturated carbocycles. The second kappa shape index (κ2) is 4.72. The molecule has 0 aliphatic carbocycles. The van der Waals surface area contributed by atoms with Crippen LogP contribution < -0.4 is 5.43 Å². The number of hydrogen-bond acceptors (Lipinski definition) is 4. The summed E-state index contributed by atoms with van der Waals surface area (Å²) in [6.07, 6.45) is 3.48. The molecular weight excluding hydrogens is 184 g/mol. The van der Waals surface area contributed by atoms with Crippen LogP contribution in [0.3, 0.4) is 0 Å². The van der Waals surface area contributed by atoms with Crippen molar-refractivity contribution in [2.45, 2.75) is 31.8 Å². The lowest BCUT2D eigenvalue weighted by atomic mass is 10.1. The third kappa shape index (κ3) is 3.25. The van der Waals surface area contributed by atoms with Crippen LogP contribution in [0.15, 0.2) is 0 Å². The van der Waals surface area contributed by atoms with Crippen LogP contribution in [0.2, 0.25) is 0 Å². The molecule has 0 amide bonds. The van der Waals surface area contributed by atoms with Crippen LogP contribution >= 0.6 is 0 Å². The topological polar surface area (TPSA) is 72.8 Å². The monoisotopic (exact) mass is 202 g/mol. The van der Waals surface area contributed by atoms with Crippen molar-refractivity contribution >= 4 is 5.97 Å². The maximum Gasteiger partial charge on any atom is 0.336 e. The molecule has 0 aromatic heterocycles. The zero-order valence-corrected chi connectivity index (χ0v) is 8.49. The van der Waals surface area contributed by atoms with Gasteiger partial charge in [0.05, 0.1) is 0 Å². The average Bonchev–Trinajstić information content (AvgIpc) is 2.16. The number of aliphatic carboxylic acids is 1. The Labute approximate surface area is 83.7 Å². The highest BCUT2D eigenvalue weighted by Gasteiger charge is 2.30. The van der Waals surface area contributed by atoms with Crippen molar-refractivity contribution < 1.29 is 15.0 Å². The van der Waals surface area contributed by atoms with Gasteiger partial charge in [0, 0.05) is 19.6 Å². The van der Waals surface area contributed by atoms with Gasteiger partial charge in [-0.3, -0.25) is 5.43 Å². The van der Waals surface area contributed by atoms with Gasteiger partial charge in [-0.1, -0.05) is 6.42 Å². The van der Waals surface area contributed by atoms with Gasteiger partial charge in [-0.25, -0.2) is 9.80 Å². The van der Waals surface area contributed by atoms with Gasteiger partial charge in [-0.15, -0.1) is 0 Å². The smallest absolute Gasteiger partial charge is 0.336 e. The Morgan fingerprint density at radius 1 is 1.43 bits per heavy atom. The first-order valence-corrected chi connectivity index (χ1v) is 4.96. The van der Waals surface area contributed by atoms with Crippen LogP contribution in [0.4, 0.5) is 0 Å². The number of carboxylic acids is 1. The minimum Gasteiger partial charge on any atom is -0.479 e.